The maximum absolute atomic E-state index is 15.1. The van der Waals surface area contributed by atoms with E-state index in [0.29, 0.717) is 43.7 Å². The standard InChI is InChI=1S/C26H35F3N4O4/c1-25(2,3)37-24(36)33-13-10-18(26(28,29)15-33)16-8-11-32(12-9-16)21-6-4-17(14-19(21)27)30-20-5-7-22(34)31-23(20)35/h4,6,14,16,18,20,30H,5,7-13,15H2,1-3H3,(H,31,34,35). The second kappa shape index (κ2) is 10.4. The van der Waals surface area contributed by atoms with Crippen molar-refractivity contribution in [2.75, 3.05) is 36.4 Å². The number of hydrogen-bond acceptors (Lipinski definition) is 6. The number of amides is 3. The van der Waals surface area contributed by atoms with Crippen LogP contribution in [0.2, 0.25) is 0 Å². The maximum Gasteiger partial charge on any atom is 0.410 e. The molecule has 2 unspecified atom stereocenters. The molecule has 1 aromatic carbocycles. The zero-order valence-corrected chi connectivity index (χ0v) is 21.5. The van der Waals surface area contributed by atoms with Crippen molar-refractivity contribution in [2.45, 2.75) is 70.4 Å². The number of halogens is 3. The quantitative estimate of drug-likeness (QED) is 0.575. The lowest BCUT2D eigenvalue weighted by Crippen LogP contribution is -2.54. The number of nitrogens with one attached hydrogen (secondary N) is 2. The Kier molecular flexibility index (Phi) is 7.62. The van der Waals surface area contributed by atoms with Gasteiger partial charge in [-0.05, 0) is 70.6 Å². The molecule has 0 aromatic heterocycles. The number of likely N-dealkylation sites (tertiary alicyclic amines) is 1. The highest BCUT2D eigenvalue weighted by Crippen LogP contribution is 2.42. The number of ether oxygens (including phenoxy) is 1. The average Bonchev–Trinajstić information content (AvgIpc) is 2.79. The monoisotopic (exact) mass is 524 g/mol. The molecule has 2 atom stereocenters. The van der Waals surface area contributed by atoms with Gasteiger partial charge in [-0.15, -0.1) is 0 Å². The molecule has 0 saturated carbocycles. The third-order valence-corrected chi connectivity index (χ3v) is 7.28. The van der Waals surface area contributed by atoms with Crippen LogP contribution in [0.4, 0.5) is 29.3 Å². The summed E-state index contributed by atoms with van der Waals surface area (Å²) in [5.41, 5.74) is 0.0747. The van der Waals surface area contributed by atoms with Gasteiger partial charge >= 0.3 is 6.09 Å². The second-order valence-electron chi connectivity index (χ2n) is 11.2. The molecule has 4 rings (SSSR count). The Labute approximate surface area is 214 Å². The van der Waals surface area contributed by atoms with Crippen molar-refractivity contribution in [1.29, 1.82) is 0 Å². The minimum Gasteiger partial charge on any atom is -0.444 e. The summed E-state index contributed by atoms with van der Waals surface area (Å²) in [6.45, 7) is 5.58. The Morgan fingerprint density at radius 1 is 1.11 bits per heavy atom. The number of alkyl halides is 2. The molecular formula is C26H35F3N4O4. The van der Waals surface area contributed by atoms with Crippen LogP contribution in [0.25, 0.3) is 0 Å². The highest BCUT2D eigenvalue weighted by molar-refractivity contribution is 6.01. The molecule has 37 heavy (non-hydrogen) atoms. The number of carbonyl (C=O) groups excluding carboxylic acids is 3. The number of piperidine rings is 3. The molecule has 3 aliphatic rings. The molecule has 0 bridgehead atoms. The number of carbonyl (C=O) groups is 3. The van der Waals surface area contributed by atoms with Gasteiger partial charge in [0.25, 0.3) is 5.92 Å². The molecule has 0 radical (unpaired) electrons. The normalized spacial score (nSPS) is 25.0. The predicted octanol–water partition coefficient (Wildman–Crippen LogP) is 4.15. The van der Waals surface area contributed by atoms with Gasteiger partial charge in [-0.1, -0.05) is 0 Å². The van der Waals surface area contributed by atoms with Gasteiger partial charge in [0, 0.05) is 37.7 Å². The van der Waals surface area contributed by atoms with E-state index in [1.165, 1.54) is 6.07 Å². The van der Waals surface area contributed by atoms with Gasteiger partial charge in [0.2, 0.25) is 11.8 Å². The highest BCUT2D eigenvalue weighted by atomic mass is 19.3. The molecular weight excluding hydrogens is 489 g/mol. The van der Waals surface area contributed by atoms with Crippen LogP contribution in [0.3, 0.4) is 0 Å². The Hall–Kier alpha value is -2.98. The van der Waals surface area contributed by atoms with Crippen molar-refractivity contribution in [3.8, 4) is 0 Å². The number of benzene rings is 1. The third kappa shape index (κ3) is 6.48. The molecule has 1 aromatic rings. The summed E-state index contributed by atoms with van der Waals surface area (Å²) in [5, 5.41) is 5.22. The zero-order chi connectivity index (χ0) is 27.0. The predicted molar refractivity (Wildman–Crippen MR) is 132 cm³/mol. The third-order valence-electron chi connectivity index (χ3n) is 7.28. The largest absolute Gasteiger partial charge is 0.444 e. The smallest absolute Gasteiger partial charge is 0.410 e. The molecule has 11 heteroatoms. The van der Waals surface area contributed by atoms with E-state index >= 15 is 8.78 Å². The van der Waals surface area contributed by atoms with E-state index in [2.05, 4.69) is 10.6 Å². The van der Waals surface area contributed by atoms with E-state index in [9.17, 15) is 18.8 Å². The molecule has 3 saturated heterocycles. The SMILES string of the molecule is CC(C)(C)OC(=O)N1CCC(C2CCN(c3ccc(NC4CCC(=O)NC4=O)cc3F)CC2)C(F)(F)C1. The lowest BCUT2D eigenvalue weighted by atomic mass is 9.76. The maximum atomic E-state index is 15.1. The topological polar surface area (TPSA) is 91.0 Å². The molecule has 3 heterocycles. The summed E-state index contributed by atoms with van der Waals surface area (Å²) in [4.78, 5) is 38.5. The van der Waals surface area contributed by atoms with Crippen LogP contribution in [0.1, 0.15) is 52.9 Å². The van der Waals surface area contributed by atoms with Crippen LogP contribution in [0.15, 0.2) is 18.2 Å². The lowest BCUT2D eigenvalue weighted by molar-refractivity contribution is -0.133. The van der Waals surface area contributed by atoms with Gasteiger partial charge in [0.1, 0.15) is 17.5 Å². The van der Waals surface area contributed by atoms with Crippen molar-refractivity contribution in [3.63, 3.8) is 0 Å². The van der Waals surface area contributed by atoms with Crippen LogP contribution in [-0.2, 0) is 14.3 Å². The van der Waals surface area contributed by atoms with Crippen molar-refractivity contribution in [3.05, 3.63) is 24.0 Å². The molecule has 8 nitrogen and oxygen atoms in total. The van der Waals surface area contributed by atoms with Gasteiger partial charge < -0.3 is 19.9 Å². The fourth-order valence-electron chi connectivity index (χ4n) is 5.45. The number of anilines is 2. The molecule has 3 amide bonds. The van der Waals surface area contributed by atoms with Gasteiger partial charge in [-0.2, -0.15) is 0 Å². The van der Waals surface area contributed by atoms with E-state index in [1.807, 2.05) is 4.90 Å². The zero-order valence-electron chi connectivity index (χ0n) is 21.5. The summed E-state index contributed by atoms with van der Waals surface area (Å²) < 4.78 is 50.4. The number of rotatable bonds is 4. The van der Waals surface area contributed by atoms with E-state index < -0.39 is 47.8 Å². The molecule has 3 fully saturated rings. The molecule has 2 N–H and O–H groups in total. The molecule has 0 spiro atoms. The minimum atomic E-state index is -3.02. The fourth-order valence-corrected chi connectivity index (χ4v) is 5.45. The van der Waals surface area contributed by atoms with E-state index in [4.69, 9.17) is 4.74 Å². The Balaban J connectivity index is 1.32. The van der Waals surface area contributed by atoms with Crippen LogP contribution in [-0.4, -0.2) is 66.6 Å². The first-order valence-corrected chi connectivity index (χ1v) is 12.8. The first kappa shape index (κ1) is 27.1. The number of hydrogen-bond donors (Lipinski definition) is 2. The summed E-state index contributed by atoms with van der Waals surface area (Å²) in [5.74, 6) is -5.29. The summed E-state index contributed by atoms with van der Waals surface area (Å²) in [6.07, 6.45) is 1.05. The van der Waals surface area contributed by atoms with Gasteiger partial charge in [-0.25, -0.2) is 18.0 Å². The first-order chi connectivity index (χ1) is 17.3. The summed E-state index contributed by atoms with van der Waals surface area (Å²) in [6, 6.07) is 4.00. The minimum absolute atomic E-state index is 0.200. The van der Waals surface area contributed by atoms with Crippen molar-refractivity contribution >= 4 is 29.3 Å². The second-order valence-corrected chi connectivity index (χ2v) is 11.2. The van der Waals surface area contributed by atoms with Crippen LogP contribution in [0, 0.1) is 17.7 Å². The van der Waals surface area contributed by atoms with Crippen molar-refractivity contribution in [1.82, 2.24) is 10.2 Å². The highest BCUT2D eigenvalue weighted by Gasteiger charge is 2.50. The van der Waals surface area contributed by atoms with E-state index in [1.54, 1.807) is 32.9 Å². The Bertz CT molecular complexity index is 1040. The number of imide groups is 1. The van der Waals surface area contributed by atoms with Crippen molar-refractivity contribution < 1.29 is 32.3 Å². The fraction of sp³-hybridized carbons (Fsp3) is 0.654. The van der Waals surface area contributed by atoms with Crippen LogP contribution >= 0.6 is 0 Å². The molecule has 0 aliphatic carbocycles. The summed E-state index contributed by atoms with van der Waals surface area (Å²) in [7, 11) is 0. The lowest BCUT2D eigenvalue weighted by Gasteiger charge is -2.44. The van der Waals surface area contributed by atoms with Gasteiger partial charge in [0.15, 0.2) is 0 Å². The van der Waals surface area contributed by atoms with Crippen molar-refractivity contribution in [2.24, 2.45) is 11.8 Å². The Morgan fingerprint density at radius 3 is 2.41 bits per heavy atom. The number of nitrogens with zero attached hydrogens (tertiary/aromatic N) is 2. The Morgan fingerprint density at radius 2 is 1.81 bits per heavy atom. The van der Waals surface area contributed by atoms with E-state index in [-0.39, 0.29) is 31.2 Å². The van der Waals surface area contributed by atoms with Crippen LogP contribution < -0.4 is 15.5 Å². The summed E-state index contributed by atoms with van der Waals surface area (Å²) >= 11 is 0. The molecule has 204 valence electrons. The van der Waals surface area contributed by atoms with E-state index in [0.717, 1.165) is 4.90 Å². The van der Waals surface area contributed by atoms with Gasteiger partial charge in [0.05, 0.1) is 12.2 Å². The van der Waals surface area contributed by atoms with Gasteiger partial charge in [-0.3, -0.25) is 14.9 Å². The van der Waals surface area contributed by atoms with Crippen LogP contribution in [0.5, 0.6) is 0 Å². The average molecular weight is 525 g/mol. The molecule has 3 aliphatic heterocycles. The first-order valence-electron chi connectivity index (χ1n) is 12.8.